The lowest BCUT2D eigenvalue weighted by atomic mass is 10.0. The summed E-state index contributed by atoms with van der Waals surface area (Å²) in [6, 6.07) is 6.24. The van der Waals surface area contributed by atoms with Gasteiger partial charge >= 0.3 is 6.09 Å². The van der Waals surface area contributed by atoms with Crippen LogP contribution in [0.3, 0.4) is 0 Å². The monoisotopic (exact) mass is 306 g/mol. The van der Waals surface area contributed by atoms with Gasteiger partial charge in [-0.2, -0.15) is 0 Å². The molecular formula is C16H19FN2O3. The average Bonchev–Trinajstić information content (AvgIpc) is 3.00. The Morgan fingerprint density at radius 2 is 2.00 bits per heavy atom. The molecule has 2 heterocycles. The Hall–Kier alpha value is -2.11. The van der Waals surface area contributed by atoms with Crippen LogP contribution in [0.2, 0.25) is 0 Å². The molecule has 0 bridgehead atoms. The van der Waals surface area contributed by atoms with Gasteiger partial charge in [-0.3, -0.25) is 9.69 Å². The molecule has 1 aromatic carbocycles. The molecule has 1 atom stereocenters. The Morgan fingerprint density at radius 1 is 1.23 bits per heavy atom. The molecular weight excluding hydrogens is 287 g/mol. The molecule has 22 heavy (non-hydrogen) atoms. The second-order valence-electron chi connectivity index (χ2n) is 5.69. The van der Waals surface area contributed by atoms with E-state index in [1.165, 1.54) is 17.0 Å². The first-order chi connectivity index (χ1) is 10.6. The number of carbonyl (C=O) groups excluding carboxylic acids is 2. The van der Waals surface area contributed by atoms with Crippen LogP contribution in [0.25, 0.3) is 0 Å². The van der Waals surface area contributed by atoms with Gasteiger partial charge in [0.15, 0.2) is 0 Å². The molecule has 0 aromatic heterocycles. The van der Waals surface area contributed by atoms with Gasteiger partial charge in [0, 0.05) is 13.1 Å². The van der Waals surface area contributed by atoms with Crippen LogP contribution in [0.5, 0.6) is 0 Å². The Balaban J connectivity index is 1.68. The lowest BCUT2D eigenvalue weighted by Gasteiger charge is -2.30. The van der Waals surface area contributed by atoms with E-state index in [1.807, 2.05) is 0 Å². The largest absolute Gasteiger partial charge is 0.449 e. The van der Waals surface area contributed by atoms with Crippen molar-refractivity contribution in [2.45, 2.75) is 25.3 Å². The summed E-state index contributed by atoms with van der Waals surface area (Å²) in [4.78, 5) is 27.4. The van der Waals surface area contributed by atoms with Gasteiger partial charge in [-0.1, -0.05) is 12.1 Å². The predicted molar refractivity (Wildman–Crippen MR) is 77.6 cm³/mol. The highest BCUT2D eigenvalue weighted by molar-refractivity contribution is 5.83. The Bertz CT molecular complexity index is 561. The number of carbonyl (C=O) groups is 2. The van der Waals surface area contributed by atoms with Crippen molar-refractivity contribution in [1.82, 2.24) is 9.80 Å². The Labute approximate surface area is 128 Å². The van der Waals surface area contributed by atoms with E-state index in [-0.39, 0.29) is 24.3 Å². The molecule has 2 fully saturated rings. The molecule has 2 aliphatic heterocycles. The minimum Gasteiger partial charge on any atom is -0.449 e. The van der Waals surface area contributed by atoms with E-state index in [0.29, 0.717) is 19.7 Å². The van der Waals surface area contributed by atoms with Gasteiger partial charge in [0.2, 0.25) is 5.91 Å². The summed E-state index contributed by atoms with van der Waals surface area (Å²) >= 11 is 0. The molecule has 1 aromatic rings. The third kappa shape index (κ3) is 3.05. The van der Waals surface area contributed by atoms with Crippen molar-refractivity contribution in [2.24, 2.45) is 0 Å². The van der Waals surface area contributed by atoms with Gasteiger partial charge in [0.05, 0.1) is 12.6 Å². The summed E-state index contributed by atoms with van der Waals surface area (Å²) in [5, 5.41) is 0. The third-order valence-electron chi connectivity index (χ3n) is 4.21. The third-order valence-corrected chi connectivity index (χ3v) is 4.21. The first-order valence-electron chi connectivity index (χ1n) is 7.62. The maximum Gasteiger partial charge on any atom is 0.410 e. The molecule has 5 nitrogen and oxygen atoms in total. The quantitative estimate of drug-likeness (QED) is 0.861. The Morgan fingerprint density at radius 3 is 2.73 bits per heavy atom. The maximum atomic E-state index is 13.0. The van der Waals surface area contributed by atoms with Crippen LogP contribution in [0, 0.1) is 5.82 Å². The van der Waals surface area contributed by atoms with Crippen LogP contribution >= 0.6 is 0 Å². The highest BCUT2D eigenvalue weighted by Gasteiger charge is 2.32. The van der Waals surface area contributed by atoms with Crippen LogP contribution in [0.4, 0.5) is 9.18 Å². The van der Waals surface area contributed by atoms with E-state index in [9.17, 15) is 14.0 Å². The van der Waals surface area contributed by atoms with Gasteiger partial charge in [0.25, 0.3) is 0 Å². The fourth-order valence-corrected chi connectivity index (χ4v) is 3.09. The number of nitrogens with zero attached hydrogens (tertiary/aromatic N) is 2. The summed E-state index contributed by atoms with van der Waals surface area (Å²) in [5.41, 5.74) is 0.938. The number of amides is 2. The number of cyclic esters (lactones) is 1. The molecule has 2 amide bonds. The molecule has 118 valence electrons. The van der Waals surface area contributed by atoms with E-state index in [4.69, 9.17) is 4.74 Å². The molecule has 0 unspecified atom stereocenters. The zero-order valence-electron chi connectivity index (χ0n) is 12.3. The van der Waals surface area contributed by atoms with E-state index < -0.39 is 6.09 Å². The average molecular weight is 306 g/mol. The SMILES string of the molecule is O=C1OCCCN1CC(=O)N1CCC[C@@H]1c1ccc(F)cc1. The minimum absolute atomic E-state index is 0.0334. The van der Waals surface area contributed by atoms with Crippen molar-refractivity contribution in [2.75, 3.05) is 26.2 Å². The molecule has 2 saturated heterocycles. The fraction of sp³-hybridized carbons (Fsp3) is 0.500. The molecule has 2 aliphatic rings. The standard InChI is InChI=1S/C16H19FN2O3/c17-13-6-4-12(5-7-13)14-3-1-9-19(14)15(20)11-18-8-2-10-22-16(18)21/h4-7,14H,1-3,8-11H2/t14-/m1/s1. The predicted octanol–water partition coefficient (Wildman–Crippen LogP) is 2.33. The van der Waals surface area contributed by atoms with Crippen LogP contribution in [0.15, 0.2) is 24.3 Å². The van der Waals surface area contributed by atoms with Crippen molar-refractivity contribution in [3.8, 4) is 0 Å². The smallest absolute Gasteiger partial charge is 0.410 e. The number of hydrogen-bond donors (Lipinski definition) is 0. The number of hydrogen-bond acceptors (Lipinski definition) is 3. The highest BCUT2D eigenvalue weighted by atomic mass is 19.1. The normalized spacial score (nSPS) is 21.9. The first-order valence-corrected chi connectivity index (χ1v) is 7.62. The van der Waals surface area contributed by atoms with Crippen LogP contribution in [-0.2, 0) is 9.53 Å². The zero-order chi connectivity index (χ0) is 15.5. The van der Waals surface area contributed by atoms with Gasteiger partial charge < -0.3 is 9.64 Å². The van der Waals surface area contributed by atoms with Crippen LogP contribution < -0.4 is 0 Å². The number of benzene rings is 1. The van der Waals surface area contributed by atoms with Gasteiger partial charge in [0.1, 0.15) is 12.4 Å². The number of rotatable bonds is 3. The molecule has 0 N–H and O–H groups in total. The molecule has 0 radical (unpaired) electrons. The van der Waals surface area contributed by atoms with Crippen molar-refractivity contribution in [3.63, 3.8) is 0 Å². The van der Waals surface area contributed by atoms with Crippen molar-refractivity contribution in [1.29, 1.82) is 0 Å². The van der Waals surface area contributed by atoms with E-state index in [2.05, 4.69) is 0 Å². The van der Waals surface area contributed by atoms with E-state index >= 15 is 0 Å². The van der Waals surface area contributed by atoms with Crippen molar-refractivity contribution in [3.05, 3.63) is 35.6 Å². The second kappa shape index (κ2) is 6.34. The maximum absolute atomic E-state index is 13.0. The molecule has 3 rings (SSSR count). The molecule has 0 saturated carbocycles. The van der Waals surface area contributed by atoms with Gasteiger partial charge in [-0.25, -0.2) is 9.18 Å². The van der Waals surface area contributed by atoms with Crippen LogP contribution in [0.1, 0.15) is 30.9 Å². The summed E-state index contributed by atoms with van der Waals surface area (Å²) in [7, 11) is 0. The van der Waals surface area contributed by atoms with E-state index in [0.717, 1.165) is 24.8 Å². The van der Waals surface area contributed by atoms with Gasteiger partial charge in [-0.05, 0) is 37.0 Å². The summed E-state index contributed by atoms with van der Waals surface area (Å²) < 4.78 is 18.0. The van der Waals surface area contributed by atoms with Crippen molar-refractivity contribution < 1.29 is 18.7 Å². The van der Waals surface area contributed by atoms with E-state index in [1.54, 1.807) is 17.0 Å². The number of ether oxygens (including phenoxy) is 1. The minimum atomic E-state index is -0.419. The summed E-state index contributed by atoms with van der Waals surface area (Å²) in [6.45, 7) is 1.70. The fourth-order valence-electron chi connectivity index (χ4n) is 3.09. The molecule has 6 heteroatoms. The van der Waals surface area contributed by atoms with Crippen LogP contribution in [-0.4, -0.2) is 48.0 Å². The Kier molecular flexibility index (Phi) is 4.27. The summed E-state index contributed by atoms with van der Waals surface area (Å²) in [6.07, 6.45) is 2.11. The zero-order valence-corrected chi connectivity index (χ0v) is 12.3. The lowest BCUT2D eigenvalue weighted by molar-refractivity contribution is -0.133. The molecule has 0 spiro atoms. The highest BCUT2D eigenvalue weighted by Crippen LogP contribution is 2.32. The topological polar surface area (TPSA) is 49.9 Å². The lowest BCUT2D eigenvalue weighted by Crippen LogP contribution is -2.45. The first kappa shape index (κ1) is 14.8. The van der Waals surface area contributed by atoms with Gasteiger partial charge in [-0.15, -0.1) is 0 Å². The number of halogens is 1. The van der Waals surface area contributed by atoms with Crippen molar-refractivity contribution >= 4 is 12.0 Å². The second-order valence-corrected chi connectivity index (χ2v) is 5.69. The molecule has 0 aliphatic carbocycles. The summed E-state index contributed by atoms with van der Waals surface area (Å²) in [5.74, 6) is -0.360. The number of likely N-dealkylation sites (tertiary alicyclic amines) is 1.